The molecule has 0 amide bonds. The second-order valence-electron chi connectivity index (χ2n) is 5.23. The standard InChI is InChI=1S/C13H27N3/c1-4-5-6-7-8-9-10-11-12-13(2,3)15-16-14/h4-12H2,1-3H3. The van der Waals surface area contributed by atoms with Crippen LogP contribution in [0.1, 0.15) is 78.6 Å². The molecule has 3 heteroatoms. The van der Waals surface area contributed by atoms with Crippen LogP contribution >= 0.6 is 0 Å². The summed E-state index contributed by atoms with van der Waals surface area (Å²) in [4.78, 5) is 2.88. The molecule has 16 heavy (non-hydrogen) atoms. The molecule has 0 aliphatic rings. The molecule has 0 rings (SSSR count). The second-order valence-corrected chi connectivity index (χ2v) is 5.23. The summed E-state index contributed by atoms with van der Waals surface area (Å²) in [5.41, 5.74) is 8.19. The van der Waals surface area contributed by atoms with Gasteiger partial charge in [0.05, 0.1) is 0 Å². The van der Waals surface area contributed by atoms with Gasteiger partial charge in [-0.15, -0.1) is 0 Å². The van der Waals surface area contributed by atoms with Gasteiger partial charge in [0.1, 0.15) is 0 Å². The Balaban J connectivity index is 3.30. The molecular formula is C13H27N3. The highest BCUT2D eigenvalue weighted by molar-refractivity contribution is 4.77. The van der Waals surface area contributed by atoms with Gasteiger partial charge in [-0.3, -0.25) is 0 Å². The highest BCUT2D eigenvalue weighted by atomic mass is 15.2. The van der Waals surface area contributed by atoms with Crippen LogP contribution in [-0.4, -0.2) is 5.54 Å². The van der Waals surface area contributed by atoms with Gasteiger partial charge in [0, 0.05) is 10.5 Å². The van der Waals surface area contributed by atoms with E-state index in [0.29, 0.717) is 0 Å². The largest absolute Gasteiger partial charge is 0.0878 e. The number of rotatable bonds is 10. The second kappa shape index (κ2) is 9.53. The molecule has 0 heterocycles. The number of hydrogen-bond donors (Lipinski definition) is 0. The Morgan fingerprint density at radius 2 is 1.44 bits per heavy atom. The Morgan fingerprint density at radius 1 is 0.938 bits per heavy atom. The molecule has 0 saturated carbocycles. The van der Waals surface area contributed by atoms with E-state index in [4.69, 9.17) is 5.53 Å². The molecule has 0 spiro atoms. The minimum atomic E-state index is -0.197. The molecule has 3 nitrogen and oxygen atoms in total. The van der Waals surface area contributed by atoms with Crippen molar-refractivity contribution in [3.05, 3.63) is 10.4 Å². The molecule has 0 atom stereocenters. The first-order valence-electron chi connectivity index (χ1n) is 6.68. The van der Waals surface area contributed by atoms with Gasteiger partial charge < -0.3 is 0 Å². The molecule has 0 fully saturated rings. The molecule has 0 aromatic heterocycles. The van der Waals surface area contributed by atoms with E-state index in [1.54, 1.807) is 0 Å². The van der Waals surface area contributed by atoms with Gasteiger partial charge in [0.15, 0.2) is 0 Å². The molecule has 0 aromatic rings. The number of unbranched alkanes of at least 4 members (excludes halogenated alkanes) is 7. The van der Waals surface area contributed by atoms with Crippen LogP contribution in [0.5, 0.6) is 0 Å². The fourth-order valence-electron chi connectivity index (χ4n) is 1.86. The quantitative estimate of drug-likeness (QED) is 0.201. The minimum Gasteiger partial charge on any atom is -0.0878 e. The fraction of sp³-hybridized carbons (Fsp3) is 1.00. The average Bonchev–Trinajstić information content (AvgIpc) is 2.22. The van der Waals surface area contributed by atoms with Crippen molar-refractivity contribution in [1.29, 1.82) is 0 Å². The number of azide groups is 1. The summed E-state index contributed by atoms with van der Waals surface area (Å²) >= 11 is 0. The summed E-state index contributed by atoms with van der Waals surface area (Å²) in [7, 11) is 0. The third kappa shape index (κ3) is 9.85. The Morgan fingerprint density at radius 3 is 1.94 bits per heavy atom. The van der Waals surface area contributed by atoms with Crippen LogP contribution in [0.2, 0.25) is 0 Å². The Hall–Kier alpha value is -0.690. The van der Waals surface area contributed by atoms with E-state index >= 15 is 0 Å². The van der Waals surface area contributed by atoms with Gasteiger partial charge in [-0.25, -0.2) is 0 Å². The van der Waals surface area contributed by atoms with Crippen molar-refractivity contribution in [2.75, 3.05) is 0 Å². The molecule has 0 radical (unpaired) electrons. The first kappa shape index (κ1) is 15.3. The van der Waals surface area contributed by atoms with E-state index in [1.807, 2.05) is 13.8 Å². The van der Waals surface area contributed by atoms with Crippen LogP contribution in [-0.2, 0) is 0 Å². The molecule has 0 saturated heterocycles. The van der Waals surface area contributed by atoms with Crippen molar-refractivity contribution < 1.29 is 0 Å². The zero-order chi connectivity index (χ0) is 12.3. The van der Waals surface area contributed by atoms with Crippen molar-refractivity contribution in [1.82, 2.24) is 0 Å². The molecular weight excluding hydrogens is 198 g/mol. The van der Waals surface area contributed by atoms with Gasteiger partial charge in [-0.1, -0.05) is 77.3 Å². The zero-order valence-electron chi connectivity index (χ0n) is 11.2. The molecule has 0 aliphatic heterocycles. The highest BCUT2D eigenvalue weighted by Gasteiger charge is 2.13. The molecule has 0 unspecified atom stereocenters. The van der Waals surface area contributed by atoms with Gasteiger partial charge in [0.25, 0.3) is 0 Å². The molecule has 0 aromatic carbocycles. The molecule has 0 bridgehead atoms. The molecule has 0 N–H and O–H groups in total. The lowest BCUT2D eigenvalue weighted by Crippen LogP contribution is -2.14. The lowest BCUT2D eigenvalue weighted by atomic mass is 9.97. The van der Waals surface area contributed by atoms with Crippen molar-refractivity contribution >= 4 is 0 Å². The first-order valence-corrected chi connectivity index (χ1v) is 6.68. The predicted molar refractivity (Wildman–Crippen MR) is 70.5 cm³/mol. The Kier molecular flexibility index (Phi) is 9.12. The third-order valence-corrected chi connectivity index (χ3v) is 2.96. The van der Waals surface area contributed by atoms with Gasteiger partial charge >= 0.3 is 0 Å². The third-order valence-electron chi connectivity index (χ3n) is 2.96. The van der Waals surface area contributed by atoms with Crippen molar-refractivity contribution in [2.45, 2.75) is 84.1 Å². The maximum absolute atomic E-state index is 8.38. The van der Waals surface area contributed by atoms with Crippen LogP contribution < -0.4 is 0 Å². The predicted octanol–water partition coefficient (Wildman–Crippen LogP) is 5.61. The maximum atomic E-state index is 8.38. The van der Waals surface area contributed by atoms with Crippen LogP contribution in [0, 0.1) is 0 Å². The van der Waals surface area contributed by atoms with E-state index in [9.17, 15) is 0 Å². The van der Waals surface area contributed by atoms with Crippen LogP contribution in [0.3, 0.4) is 0 Å². The lowest BCUT2D eigenvalue weighted by molar-refractivity contribution is 0.439. The normalized spacial score (nSPS) is 11.2. The van der Waals surface area contributed by atoms with E-state index in [2.05, 4.69) is 16.9 Å². The van der Waals surface area contributed by atoms with E-state index in [-0.39, 0.29) is 5.54 Å². The number of nitrogens with zero attached hydrogens (tertiary/aromatic N) is 3. The Bertz CT molecular complexity index is 205. The monoisotopic (exact) mass is 225 g/mol. The van der Waals surface area contributed by atoms with E-state index < -0.39 is 0 Å². The lowest BCUT2D eigenvalue weighted by Gasteiger charge is -2.16. The average molecular weight is 225 g/mol. The summed E-state index contributed by atoms with van der Waals surface area (Å²) in [6.07, 6.45) is 11.6. The fourth-order valence-corrected chi connectivity index (χ4v) is 1.86. The molecule has 94 valence electrons. The SMILES string of the molecule is CCCCCCCCCCC(C)(C)N=[N+]=[N-]. The van der Waals surface area contributed by atoms with Crippen LogP contribution in [0.25, 0.3) is 10.4 Å². The Labute approximate surface area is 100 Å². The summed E-state index contributed by atoms with van der Waals surface area (Å²) in [6, 6.07) is 0. The summed E-state index contributed by atoms with van der Waals surface area (Å²) in [6.45, 7) is 6.26. The van der Waals surface area contributed by atoms with Gasteiger partial charge in [0.2, 0.25) is 0 Å². The number of hydrogen-bond acceptors (Lipinski definition) is 1. The van der Waals surface area contributed by atoms with Crippen molar-refractivity contribution in [3.63, 3.8) is 0 Å². The summed E-state index contributed by atoms with van der Waals surface area (Å²) < 4.78 is 0. The zero-order valence-corrected chi connectivity index (χ0v) is 11.2. The van der Waals surface area contributed by atoms with E-state index in [1.165, 1.54) is 51.4 Å². The molecule has 0 aliphatic carbocycles. The van der Waals surface area contributed by atoms with Crippen molar-refractivity contribution in [3.8, 4) is 0 Å². The van der Waals surface area contributed by atoms with Gasteiger partial charge in [-0.05, 0) is 12.0 Å². The highest BCUT2D eigenvalue weighted by Crippen LogP contribution is 2.19. The topological polar surface area (TPSA) is 48.8 Å². The van der Waals surface area contributed by atoms with E-state index in [0.717, 1.165) is 6.42 Å². The first-order chi connectivity index (χ1) is 7.62. The maximum Gasteiger partial charge on any atom is 0.0432 e. The van der Waals surface area contributed by atoms with Crippen molar-refractivity contribution in [2.24, 2.45) is 5.11 Å². The smallest absolute Gasteiger partial charge is 0.0432 e. The minimum absolute atomic E-state index is 0.197. The summed E-state index contributed by atoms with van der Waals surface area (Å²) in [5.74, 6) is 0. The van der Waals surface area contributed by atoms with Gasteiger partial charge in [-0.2, -0.15) is 0 Å². The summed E-state index contributed by atoms with van der Waals surface area (Å²) in [5, 5.41) is 3.80. The van der Waals surface area contributed by atoms with Crippen LogP contribution in [0.4, 0.5) is 0 Å². The van der Waals surface area contributed by atoms with Crippen LogP contribution in [0.15, 0.2) is 5.11 Å².